The van der Waals surface area contributed by atoms with E-state index in [0.29, 0.717) is 19.5 Å². The lowest BCUT2D eigenvalue weighted by Crippen LogP contribution is -2.52. The number of hydrogen-bond donors (Lipinski definition) is 0. The van der Waals surface area contributed by atoms with E-state index in [0.717, 1.165) is 29.5 Å². The molecule has 1 saturated heterocycles. The number of rotatable bonds is 5. The Hall–Kier alpha value is -2.20. The van der Waals surface area contributed by atoms with Crippen LogP contribution in [0.3, 0.4) is 0 Å². The summed E-state index contributed by atoms with van der Waals surface area (Å²) in [6.07, 6.45) is 0.209. The number of nitrogens with zero attached hydrogens (tertiary/aromatic N) is 2. The largest absolute Gasteiger partial charge is 0.481 e. The fraction of sp³-hybridized carbons (Fsp3) is 0.435. The van der Waals surface area contributed by atoms with Crippen molar-refractivity contribution in [1.82, 2.24) is 4.90 Å². The van der Waals surface area contributed by atoms with Crippen molar-refractivity contribution in [2.75, 3.05) is 31.1 Å². The molecule has 0 spiro atoms. The third-order valence-electron chi connectivity index (χ3n) is 5.51. The van der Waals surface area contributed by atoms with Gasteiger partial charge in [0, 0.05) is 36.9 Å². The quantitative estimate of drug-likeness (QED) is 0.724. The molecule has 1 aliphatic heterocycles. The number of piperazine rings is 1. The molecule has 1 heterocycles. The minimum absolute atomic E-state index is 0.0724. The number of amides is 1. The predicted molar refractivity (Wildman–Crippen MR) is 116 cm³/mol. The van der Waals surface area contributed by atoms with Gasteiger partial charge >= 0.3 is 0 Å². The molecule has 0 unspecified atom stereocenters. The number of anilines is 1. The summed E-state index contributed by atoms with van der Waals surface area (Å²) < 4.78 is 6.04. The van der Waals surface area contributed by atoms with E-state index in [9.17, 15) is 4.79 Å². The van der Waals surface area contributed by atoms with Crippen LogP contribution in [0.25, 0.3) is 0 Å². The summed E-state index contributed by atoms with van der Waals surface area (Å²) in [5, 5.41) is 0.743. The number of carbonyl (C=O) groups excluding carboxylic acids is 1. The molecule has 3 rings (SSSR count). The Morgan fingerprint density at radius 3 is 2.32 bits per heavy atom. The van der Waals surface area contributed by atoms with Crippen LogP contribution in [0.15, 0.2) is 36.4 Å². The summed E-state index contributed by atoms with van der Waals surface area (Å²) in [7, 11) is 0. The van der Waals surface area contributed by atoms with Crippen molar-refractivity contribution >= 4 is 23.2 Å². The predicted octanol–water partition coefficient (Wildman–Crippen LogP) is 4.77. The van der Waals surface area contributed by atoms with Crippen molar-refractivity contribution in [3.05, 3.63) is 58.1 Å². The zero-order chi connectivity index (χ0) is 20.3. The molecular formula is C23H29ClN2O2. The van der Waals surface area contributed by atoms with Gasteiger partial charge in [0.05, 0.1) is 0 Å². The lowest BCUT2D eigenvalue weighted by Gasteiger charge is -2.38. The molecule has 2 aromatic rings. The van der Waals surface area contributed by atoms with Crippen molar-refractivity contribution in [1.29, 1.82) is 0 Å². The number of carbonyl (C=O) groups is 1. The first-order valence-electron chi connectivity index (χ1n) is 9.93. The van der Waals surface area contributed by atoms with Crippen LogP contribution in [0.2, 0.25) is 5.02 Å². The molecule has 2 aromatic carbocycles. The van der Waals surface area contributed by atoms with Crippen molar-refractivity contribution in [2.45, 2.75) is 40.2 Å². The van der Waals surface area contributed by atoms with Crippen molar-refractivity contribution in [3.8, 4) is 5.75 Å². The Morgan fingerprint density at radius 1 is 1.00 bits per heavy atom. The first kappa shape index (κ1) is 20.5. The van der Waals surface area contributed by atoms with Gasteiger partial charge in [-0.3, -0.25) is 4.79 Å². The third-order valence-corrected chi connectivity index (χ3v) is 5.74. The number of aryl methyl sites for hydroxylation is 3. The highest BCUT2D eigenvalue weighted by atomic mass is 35.5. The van der Waals surface area contributed by atoms with E-state index < -0.39 is 6.10 Å². The van der Waals surface area contributed by atoms with Gasteiger partial charge in [0.15, 0.2) is 6.10 Å². The Morgan fingerprint density at radius 2 is 1.68 bits per heavy atom. The van der Waals surface area contributed by atoms with Gasteiger partial charge in [0.1, 0.15) is 5.75 Å². The van der Waals surface area contributed by atoms with E-state index in [1.807, 2.05) is 48.2 Å². The fourth-order valence-electron chi connectivity index (χ4n) is 3.55. The molecule has 5 heteroatoms. The van der Waals surface area contributed by atoms with Gasteiger partial charge in [-0.25, -0.2) is 0 Å². The second-order valence-corrected chi connectivity index (χ2v) is 7.94. The molecule has 0 radical (unpaired) electrons. The van der Waals surface area contributed by atoms with Crippen LogP contribution in [0.1, 0.15) is 30.0 Å². The smallest absolute Gasteiger partial charge is 0.263 e. The van der Waals surface area contributed by atoms with Gasteiger partial charge in [-0.2, -0.15) is 0 Å². The minimum Gasteiger partial charge on any atom is -0.481 e. The summed E-state index contributed by atoms with van der Waals surface area (Å²) >= 11 is 6.17. The summed E-state index contributed by atoms with van der Waals surface area (Å²) in [6.45, 7) is 11.2. The standard InChI is InChI=1S/C23H29ClN2O2/c1-5-22(28-20-9-7-16(2)18(4)14-20)23(27)26-12-10-25(11-13-26)21-15-19(24)8-6-17(21)3/h6-9,14-15,22H,5,10-13H2,1-4H3/t22-/m1/s1. The van der Waals surface area contributed by atoms with Crippen molar-refractivity contribution in [2.24, 2.45) is 0 Å². The monoisotopic (exact) mass is 400 g/mol. The van der Waals surface area contributed by atoms with Crippen LogP contribution >= 0.6 is 11.6 Å². The van der Waals surface area contributed by atoms with E-state index in [2.05, 4.69) is 25.7 Å². The molecule has 1 aliphatic rings. The molecule has 0 bridgehead atoms. The highest BCUT2D eigenvalue weighted by molar-refractivity contribution is 6.30. The molecule has 4 nitrogen and oxygen atoms in total. The lowest BCUT2D eigenvalue weighted by molar-refractivity contribution is -0.139. The molecule has 150 valence electrons. The zero-order valence-electron chi connectivity index (χ0n) is 17.2. The molecule has 0 aromatic heterocycles. The number of halogens is 1. The van der Waals surface area contributed by atoms with Gasteiger partial charge < -0.3 is 14.5 Å². The Balaban J connectivity index is 1.63. The van der Waals surface area contributed by atoms with Gasteiger partial charge in [-0.05, 0) is 68.1 Å². The average Bonchev–Trinajstić information content (AvgIpc) is 2.70. The van der Waals surface area contributed by atoms with E-state index in [4.69, 9.17) is 16.3 Å². The summed E-state index contributed by atoms with van der Waals surface area (Å²) in [4.78, 5) is 17.2. The van der Waals surface area contributed by atoms with E-state index in [-0.39, 0.29) is 5.91 Å². The highest BCUT2D eigenvalue weighted by Gasteiger charge is 2.28. The Labute approximate surface area is 173 Å². The normalized spacial score (nSPS) is 15.5. The molecule has 1 atom stereocenters. The summed E-state index contributed by atoms with van der Waals surface area (Å²) in [5.41, 5.74) is 4.75. The third kappa shape index (κ3) is 4.61. The maximum absolute atomic E-state index is 13.0. The van der Waals surface area contributed by atoms with Gasteiger partial charge in [-0.1, -0.05) is 30.7 Å². The van der Waals surface area contributed by atoms with Gasteiger partial charge in [-0.15, -0.1) is 0 Å². The van der Waals surface area contributed by atoms with Crippen molar-refractivity contribution < 1.29 is 9.53 Å². The van der Waals surface area contributed by atoms with Crippen LogP contribution in [0.4, 0.5) is 5.69 Å². The SMILES string of the molecule is CC[C@@H](Oc1ccc(C)c(C)c1)C(=O)N1CCN(c2cc(Cl)ccc2C)CC1. The van der Waals surface area contributed by atoms with Crippen LogP contribution < -0.4 is 9.64 Å². The Kier molecular flexibility index (Phi) is 6.50. The van der Waals surface area contributed by atoms with E-state index >= 15 is 0 Å². The number of ether oxygens (including phenoxy) is 1. The van der Waals surface area contributed by atoms with Crippen molar-refractivity contribution in [3.63, 3.8) is 0 Å². The van der Waals surface area contributed by atoms with Crippen LogP contribution in [-0.2, 0) is 4.79 Å². The van der Waals surface area contributed by atoms with E-state index in [1.54, 1.807) is 0 Å². The fourth-order valence-corrected chi connectivity index (χ4v) is 3.72. The molecular weight excluding hydrogens is 372 g/mol. The van der Waals surface area contributed by atoms with Crippen LogP contribution in [-0.4, -0.2) is 43.1 Å². The molecule has 1 amide bonds. The van der Waals surface area contributed by atoms with E-state index in [1.165, 1.54) is 16.7 Å². The lowest BCUT2D eigenvalue weighted by atomic mass is 10.1. The van der Waals surface area contributed by atoms with Crippen LogP contribution in [0, 0.1) is 20.8 Å². The second kappa shape index (κ2) is 8.87. The first-order valence-corrected chi connectivity index (χ1v) is 10.3. The number of benzene rings is 2. The first-order chi connectivity index (χ1) is 13.4. The molecule has 0 saturated carbocycles. The summed E-state index contributed by atoms with van der Waals surface area (Å²) in [6, 6.07) is 11.9. The molecule has 0 aliphatic carbocycles. The maximum atomic E-state index is 13.0. The topological polar surface area (TPSA) is 32.8 Å². The van der Waals surface area contributed by atoms with Gasteiger partial charge in [0.25, 0.3) is 5.91 Å². The maximum Gasteiger partial charge on any atom is 0.263 e. The average molecular weight is 401 g/mol. The minimum atomic E-state index is -0.443. The zero-order valence-corrected chi connectivity index (χ0v) is 17.9. The highest BCUT2D eigenvalue weighted by Crippen LogP contribution is 2.26. The molecule has 28 heavy (non-hydrogen) atoms. The van der Waals surface area contributed by atoms with Crippen LogP contribution in [0.5, 0.6) is 5.75 Å². The van der Waals surface area contributed by atoms with Gasteiger partial charge in [0.2, 0.25) is 0 Å². The Bertz CT molecular complexity index is 844. The second-order valence-electron chi connectivity index (χ2n) is 7.50. The summed E-state index contributed by atoms with van der Waals surface area (Å²) in [5.74, 6) is 0.833. The molecule has 1 fully saturated rings. The molecule has 0 N–H and O–H groups in total. The number of hydrogen-bond acceptors (Lipinski definition) is 3.